The van der Waals surface area contributed by atoms with Crippen LogP contribution < -0.4 is 10.9 Å². The first kappa shape index (κ1) is 20.1. The summed E-state index contributed by atoms with van der Waals surface area (Å²) in [6, 6.07) is 3.37. The van der Waals surface area contributed by atoms with E-state index >= 15 is 0 Å². The zero-order valence-electron chi connectivity index (χ0n) is 14.4. The van der Waals surface area contributed by atoms with E-state index in [4.69, 9.17) is 32.4 Å². The predicted octanol–water partition coefficient (Wildman–Crippen LogP) is 3.69. The average Bonchev–Trinajstić information content (AvgIpc) is 3.32. The fourth-order valence-corrected chi connectivity index (χ4v) is 3.55. The van der Waals surface area contributed by atoms with Crippen molar-refractivity contribution in [3.05, 3.63) is 55.9 Å². The summed E-state index contributed by atoms with van der Waals surface area (Å²) in [4.78, 5) is 36.8. The van der Waals surface area contributed by atoms with Crippen molar-refractivity contribution in [3.8, 4) is 11.3 Å². The highest BCUT2D eigenvalue weighted by atomic mass is 35.5. The number of carbonyl (C=O) groups excluding carboxylic acids is 2. The van der Waals surface area contributed by atoms with E-state index < -0.39 is 24.0 Å². The van der Waals surface area contributed by atoms with Crippen LogP contribution >= 0.6 is 34.5 Å². The van der Waals surface area contributed by atoms with Crippen molar-refractivity contribution in [2.75, 3.05) is 11.9 Å². The summed E-state index contributed by atoms with van der Waals surface area (Å²) >= 11 is 12.6. The number of rotatable bonds is 6. The van der Waals surface area contributed by atoms with Gasteiger partial charge in [-0.05, 0) is 19.1 Å². The van der Waals surface area contributed by atoms with Crippen LogP contribution in [-0.2, 0) is 16.1 Å². The molecule has 0 saturated carbocycles. The number of anilines is 1. The Hall–Kier alpha value is -2.62. The van der Waals surface area contributed by atoms with E-state index in [2.05, 4.69) is 10.4 Å². The molecule has 3 rings (SSSR count). The van der Waals surface area contributed by atoms with Crippen molar-refractivity contribution in [1.29, 1.82) is 0 Å². The summed E-state index contributed by atoms with van der Waals surface area (Å²) in [5.41, 5.74) is -0.0319. The fraction of sp³-hybridized carbons (Fsp3) is 0.176. The molecule has 0 aliphatic rings. The predicted molar refractivity (Wildman–Crippen MR) is 105 cm³/mol. The normalized spacial score (nSPS) is 10.7. The smallest absolute Gasteiger partial charge is 0.341 e. The third kappa shape index (κ3) is 4.11. The Morgan fingerprint density at radius 2 is 2.18 bits per heavy atom. The first-order valence-corrected chi connectivity index (χ1v) is 9.59. The lowest BCUT2D eigenvalue weighted by Crippen LogP contribution is -2.30. The number of halogens is 2. The molecule has 8 nitrogen and oxygen atoms in total. The van der Waals surface area contributed by atoms with E-state index in [0.29, 0.717) is 11.3 Å². The maximum absolute atomic E-state index is 12.4. The van der Waals surface area contributed by atoms with Crippen molar-refractivity contribution in [1.82, 2.24) is 9.78 Å². The van der Waals surface area contributed by atoms with Crippen LogP contribution in [0.1, 0.15) is 17.3 Å². The summed E-state index contributed by atoms with van der Waals surface area (Å²) in [5.74, 6) is -0.719. The third-order valence-corrected chi connectivity index (χ3v) is 5.19. The van der Waals surface area contributed by atoms with Gasteiger partial charge in [-0.3, -0.25) is 9.59 Å². The quantitative estimate of drug-likeness (QED) is 0.584. The molecule has 0 aliphatic carbocycles. The zero-order chi connectivity index (χ0) is 20.3. The van der Waals surface area contributed by atoms with E-state index in [1.165, 1.54) is 12.5 Å². The van der Waals surface area contributed by atoms with Crippen molar-refractivity contribution in [2.45, 2.75) is 13.5 Å². The molecule has 3 aromatic heterocycles. The minimum Gasteiger partial charge on any atom is -0.464 e. The highest BCUT2D eigenvalue weighted by molar-refractivity contribution is 7.15. The summed E-state index contributed by atoms with van der Waals surface area (Å²) in [7, 11) is 0. The molecule has 1 amide bonds. The number of nitrogens with zero attached hydrogens (tertiary/aromatic N) is 2. The van der Waals surface area contributed by atoms with Gasteiger partial charge in [0.25, 0.3) is 5.56 Å². The first-order valence-electron chi connectivity index (χ1n) is 7.95. The standard InChI is InChI=1S/C17H13Cl2N3O5S/c1-2-26-17(25)13-9(11-4-3-5-27-11)8-28-15(13)21-12(23)7-22-16(24)14(19)10(18)6-20-22/h3-6,8H,2,7H2,1H3,(H,21,23). The van der Waals surface area contributed by atoms with Gasteiger partial charge in [-0.15, -0.1) is 11.3 Å². The topological polar surface area (TPSA) is 103 Å². The van der Waals surface area contributed by atoms with Gasteiger partial charge in [0.05, 0.1) is 24.1 Å². The molecule has 0 atom stereocenters. The Kier molecular flexibility index (Phi) is 6.18. The average molecular weight is 442 g/mol. The van der Waals surface area contributed by atoms with Gasteiger partial charge in [-0.2, -0.15) is 5.10 Å². The molecular weight excluding hydrogens is 429 g/mol. The van der Waals surface area contributed by atoms with Gasteiger partial charge in [0.1, 0.15) is 27.9 Å². The van der Waals surface area contributed by atoms with Crippen LogP contribution in [0.5, 0.6) is 0 Å². The molecule has 1 N–H and O–H groups in total. The Morgan fingerprint density at radius 1 is 1.39 bits per heavy atom. The second-order valence-electron chi connectivity index (χ2n) is 5.37. The summed E-state index contributed by atoms with van der Waals surface area (Å²) < 4.78 is 11.3. The maximum Gasteiger partial charge on any atom is 0.341 e. The number of furan rings is 1. The molecule has 3 heterocycles. The molecule has 0 radical (unpaired) electrons. The molecule has 0 aromatic carbocycles. The number of nitrogens with one attached hydrogen (secondary N) is 1. The van der Waals surface area contributed by atoms with Gasteiger partial charge in [0.2, 0.25) is 5.91 Å². The maximum atomic E-state index is 12.4. The van der Waals surface area contributed by atoms with Crippen LogP contribution in [0.2, 0.25) is 10.0 Å². The largest absolute Gasteiger partial charge is 0.464 e. The number of ether oxygens (including phenoxy) is 1. The summed E-state index contributed by atoms with van der Waals surface area (Å²) in [6.07, 6.45) is 2.64. The highest BCUT2D eigenvalue weighted by Gasteiger charge is 2.24. The number of thiophene rings is 1. The van der Waals surface area contributed by atoms with E-state index in [-0.39, 0.29) is 27.2 Å². The van der Waals surface area contributed by atoms with Crippen LogP contribution in [0.3, 0.4) is 0 Å². The molecule has 11 heteroatoms. The van der Waals surface area contributed by atoms with Gasteiger partial charge in [0.15, 0.2) is 0 Å². The van der Waals surface area contributed by atoms with Crippen LogP contribution in [-0.4, -0.2) is 28.3 Å². The Labute approximate surface area is 172 Å². The number of hydrogen-bond donors (Lipinski definition) is 1. The van der Waals surface area contributed by atoms with Crippen LogP contribution in [0.15, 0.2) is 39.2 Å². The second kappa shape index (κ2) is 8.59. The lowest BCUT2D eigenvalue weighted by molar-refractivity contribution is -0.117. The second-order valence-corrected chi connectivity index (χ2v) is 7.03. The van der Waals surface area contributed by atoms with Crippen LogP contribution in [0, 0.1) is 0 Å². The zero-order valence-corrected chi connectivity index (χ0v) is 16.7. The Morgan fingerprint density at radius 3 is 2.86 bits per heavy atom. The Balaban J connectivity index is 1.88. The van der Waals surface area contributed by atoms with Crippen LogP contribution in [0.4, 0.5) is 5.00 Å². The monoisotopic (exact) mass is 441 g/mol. The lowest BCUT2D eigenvalue weighted by atomic mass is 10.1. The van der Waals surface area contributed by atoms with Crippen molar-refractivity contribution in [2.24, 2.45) is 0 Å². The molecule has 0 unspecified atom stereocenters. The van der Waals surface area contributed by atoms with E-state index in [0.717, 1.165) is 16.0 Å². The molecular formula is C17H13Cl2N3O5S. The van der Waals surface area contributed by atoms with E-state index in [9.17, 15) is 14.4 Å². The van der Waals surface area contributed by atoms with Gasteiger partial charge < -0.3 is 14.5 Å². The number of esters is 1. The molecule has 3 aromatic rings. The van der Waals surface area contributed by atoms with Gasteiger partial charge in [-0.1, -0.05) is 23.2 Å². The third-order valence-electron chi connectivity index (χ3n) is 3.55. The minimum atomic E-state index is -0.697. The fourth-order valence-electron chi connectivity index (χ4n) is 2.33. The summed E-state index contributed by atoms with van der Waals surface area (Å²) in [6.45, 7) is 1.44. The van der Waals surface area contributed by atoms with Crippen molar-refractivity contribution in [3.63, 3.8) is 0 Å². The highest BCUT2D eigenvalue weighted by Crippen LogP contribution is 2.36. The molecule has 28 heavy (non-hydrogen) atoms. The van der Waals surface area contributed by atoms with Gasteiger partial charge >= 0.3 is 5.97 Å². The number of hydrogen-bond acceptors (Lipinski definition) is 7. The van der Waals surface area contributed by atoms with E-state index in [1.54, 1.807) is 24.4 Å². The number of aromatic nitrogens is 2. The van der Waals surface area contributed by atoms with Crippen LogP contribution in [0.25, 0.3) is 11.3 Å². The molecule has 146 valence electrons. The Bertz CT molecular complexity index is 1080. The number of amides is 1. The SMILES string of the molecule is CCOC(=O)c1c(-c2ccco2)csc1NC(=O)Cn1ncc(Cl)c(Cl)c1=O. The van der Waals surface area contributed by atoms with Gasteiger partial charge in [-0.25, -0.2) is 9.48 Å². The van der Waals surface area contributed by atoms with Crippen molar-refractivity contribution >= 4 is 51.4 Å². The van der Waals surface area contributed by atoms with E-state index in [1.807, 2.05) is 0 Å². The summed E-state index contributed by atoms with van der Waals surface area (Å²) in [5, 5.41) is 8.08. The van der Waals surface area contributed by atoms with Gasteiger partial charge in [0, 0.05) is 10.9 Å². The number of carbonyl (C=O) groups is 2. The molecule has 0 spiro atoms. The molecule has 0 aliphatic heterocycles. The first-order chi connectivity index (χ1) is 13.4. The molecule has 0 bridgehead atoms. The molecule has 0 saturated heterocycles. The molecule has 0 fully saturated rings. The lowest BCUT2D eigenvalue weighted by Gasteiger charge is -2.09. The minimum absolute atomic E-state index is 0.00531. The van der Waals surface area contributed by atoms with Crippen molar-refractivity contribution < 1.29 is 18.7 Å².